The van der Waals surface area contributed by atoms with Gasteiger partial charge in [-0.25, -0.2) is 0 Å². The van der Waals surface area contributed by atoms with Gasteiger partial charge in [0.1, 0.15) is 0 Å². The number of allylic oxidation sites excluding steroid dienone is 1. The van der Waals surface area contributed by atoms with Gasteiger partial charge in [0.2, 0.25) is 0 Å². The van der Waals surface area contributed by atoms with E-state index in [1.165, 1.54) is 18.4 Å². The molecule has 0 aromatic heterocycles. The predicted octanol–water partition coefficient (Wildman–Crippen LogP) is 2.06. The van der Waals surface area contributed by atoms with Crippen molar-refractivity contribution in [2.45, 2.75) is 39.7 Å². The number of rotatable bonds is 9. The Bertz CT molecular complexity index is 296. The third kappa shape index (κ3) is 6.37. The normalized spacial score (nSPS) is 24.3. The molecule has 0 spiro atoms. The molecule has 0 aromatic rings. The van der Waals surface area contributed by atoms with Crippen molar-refractivity contribution in [1.29, 1.82) is 0 Å². The summed E-state index contributed by atoms with van der Waals surface area (Å²) in [5.41, 5.74) is 6.93. The van der Waals surface area contributed by atoms with Gasteiger partial charge in [-0.05, 0) is 50.3 Å². The smallest absolute Gasteiger partial charge is 0.0174 e. The van der Waals surface area contributed by atoms with Crippen LogP contribution >= 0.6 is 0 Å². The van der Waals surface area contributed by atoms with E-state index in [0.29, 0.717) is 24.4 Å². The molecule has 3 heteroatoms. The average molecular weight is 265 g/mol. The van der Waals surface area contributed by atoms with Gasteiger partial charge in [0.05, 0.1) is 0 Å². The molecule has 0 amide bonds. The zero-order valence-electron chi connectivity index (χ0n) is 12.8. The Morgan fingerprint density at radius 1 is 1.37 bits per heavy atom. The summed E-state index contributed by atoms with van der Waals surface area (Å²) in [5, 5.41) is 7.09. The van der Waals surface area contributed by atoms with Crippen LogP contribution in [0.4, 0.5) is 0 Å². The van der Waals surface area contributed by atoms with E-state index in [1.807, 2.05) is 0 Å². The molecule has 1 aliphatic rings. The van der Waals surface area contributed by atoms with Crippen LogP contribution in [0.5, 0.6) is 0 Å². The highest BCUT2D eigenvalue weighted by atomic mass is 14.9. The zero-order chi connectivity index (χ0) is 14.1. The fourth-order valence-corrected chi connectivity index (χ4v) is 2.39. The molecule has 0 fully saturated rings. The van der Waals surface area contributed by atoms with Gasteiger partial charge in [-0.2, -0.15) is 0 Å². The first-order chi connectivity index (χ1) is 9.17. The average Bonchev–Trinajstić information content (AvgIpc) is 2.42. The van der Waals surface area contributed by atoms with Gasteiger partial charge in [-0.15, -0.1) is 0 Å². The Labute approximate surface area is 118 Å². The lowest BCUT2D eigenvalue weighted by Gasteiger charge is -2.25. The standard InChI is InChI=1S/C16H31N3/c1-4-8-18-9-7-14(3)19-12-16-6-5-15(11-17)10-13(16)2/h5-6,10,13-14,16,18-19H,4,7-9,11-12,17H2,1-3H3. The first kappa shape index (κ1) is 16.4. The molecule has 110 valence electrons. The molecule has 3 nitrogen and oxygen atoms in total. The van der Waals surface area contributed by atoms with Crippen LogP contribution in [-0.4, -0.2) is 32.2 Å². The molecule has 4 N–H and O–H groups in total. The first-order valence-electron chi connectivity index (χ1n) is 7.70. The summed E-state index contributed by atoms with van der Waals surface area (Å²) in [6.45, 7) is 10.7. The van der Waals surface area contributed by atoms with Crippen LogP contribution in [-0.2, 0) is 0 Å². The first-order valence-corrected chi connectivity index (χ1v) is 7.70. The number of nitrogens with two attached hydrogens (primary N) is 1. The van der Waals surface area contributed by atoms with Crippen molar-refractivity contribution >= 4 is 0 Å². The lowest BCUT2D eigenvalue weighted by Crippen LogP contribution is -2.35. The second-order valence-electron chi connectivity index (χ2n) is 5.68. The number of hydrogen-bond acceptors (Lipinski definition) is 3. The molecule has 0 aliphatic heterocycles. The van der Waals surface area contributed by atoms with Crippen LogP contribution in [0.3, 0.4) is 0 Å². The third-order valence-corrected chi connectivity index (χ3v) is 3.83. The summed E-state index contributed by atoms with van der Waals surface area (Å²) < 4.78 is 0. The van der Waals surface area contributed by atoms with Gasteiger partial charge in [-0.1, -0.05) is 32.1 Å². The van der Waals surface area contributed by atoms with Gasteiger partial charge in [0.15, 0.2) is 0 Å². The SMILES string of the molecule is CCCNCCC(C)NCC1C=CC(CN)=CC1C. The number of hydrogen-bond donors (Lipinski definition) is 3. The minimum absolute atomic E-state index is 0.574. The molecule has 0 saturated heterocycles. The van der Waals surface area contributed by atoms with E-state index >= 15 is 0 Å². The van der Waals surface area contributed by atoms with E-state index in [1.54, 1.807) is 0 Å². The summed E-state index contributed by atoms with van der Waals surface area (Å²) >= 11 is 0. The van der Waals surface area contributed by atoms with Crippen molar-refractivity contribution in [1.82, 2.24) is 10.6 Å². The summed E-state index contributed by atoms with van der Waals surface area (Å²) in [6, 6.07) is 0.574. The maximum atomic E-state index is 5.67. The fraction of sp³-hybridized carbons (Fsp3) is 0.750. The second kappa shape index (κ2) is 9.29. The van der Waals surface area contributed by atoms with Crippen molar-refractivity contribution in [2.24, 2.45) is 17.6 Å². The van der Waals surface area contributed by atoms with Crippen LogP contribution in [0.2, 0.25) is 0 Å². The summed E-state index contributed by atoms with van der Waals surface area (Å²) in [7, 11) is 0. The maximum absolute atomic E-state index is 5.67. The molecule has 0 radical (unpaired) electrons. The zero-order valence-corrected chi connectivity index (χ0v) is 12.8. The Balaban J connectivity index is 2.19. The van der Waals surface area contributed by atoms with Crippen molar-refractivity contribution < 1.29 is 0 Å². The molecule has 0 saturated carbocycles. The highest BCUT2D eigenvalue weighted by Gasteiger charge is 2.16. The summed E-state index contributed by atoms with van der Waals surface area (Å²) in [5.74, 6) is 1.18. The number of nitrogens with one attached hydrogen (secondary N) is 2. The van der Waals surface area contributed by atoms with Gasteiger partial charge in [0, 0.05) is 19.1 Å². The lowest BCUT2D eigenvalue weighted by molar-refractivity contribution is 0.413. The van der Waals surface area contributed by atoms with Crippen LogP contribution in [0.1, 0.15) is 33.6 Å². The molecule has 3 atom stereocenters. The van der Waals surface area contributed by atoms with E-state index < -0.39 is 0 Å². The van der Waals surface area contributed by atoms with Crippen molar-refractivity contribution in [3.8, 4) is 0 Å². The molecule has 19 heavy (non-hydrogen) atoms. The Morgan fingerprint density at radius 2 is 2.16 bits per heavy atom. The van der Waals surface area contributed by atoms with E-state index in [2.05, 4.69) is 49.6 Å². The molecule has 3 unspecified atom stereocenters. The molecule has 1 rings (SSSR count). The topological polar surface area (TPSA) is 50.1 Å². The summed E-state index contributed by atoms with van der Waals surface area (Å²) in [6.07, 6.45) is 9.19. The third-order valence-electron chi connectivity index (χ3n) is 3.83. The largest absolute Gasteiger partial charge is 0.327 e. The second-order valence-corrected chi connectivity index (χ2v) is 5.68. The van der Waals surface area contributed by atoms with Crippen LogP contribution in [0, 0.1) is 11.8 Å². The molecule has 0 aromatic carbocycles. The van der Waals surface area contributed by atoms with Gasteiger partial charge in [-0.3, -0.25) is 0 Å². The highest BCUT2D eigenvalue weighted by molar-refractivity contribution is 5.26. The molecule has 0 heterocycles. The van der Waals surface area contributed by atoms with Gasteiger partial charge in [0.25, 0.3) is 0 Å². The van der Waals surface area contributed by atoms with Crippen molar-refractivity contribution in [2.75, 3.05) is 26.2 Å². The van der Waals surface area contributed by atoms with E-state index in [-0.39, 0.29) is 0 Å². The van der Waals surface area contributed by atoms with E-state index in [9.17, 15) is 0 Å². The summed E-state index contributed by atoms with van der Waals surface area (Å²) in [4.78, 5) is 0. The van der Waals surface area contributed by atoms with Gasteiger partial charge < -0.3 is 16.4 Å². The molecule has 0 bridgehead atoms. The molecule has 1 aliphatic carbocycles. The molecular formula is C16H31N3. The molecular weight excluding hydrogens is 234 g/mol. The minimum Gasteiger partial charge on any atom is -0.327 e. The van der Waals surface area contributed by atoms with Gasteiger partial charge >= 0.3 is 0 Å². The quantitative estimate of drug-likeness (QED) is 0.559. The Morgan fingerprint density at radius 3 is 2.79 bits per heavy atom. The van der Waals surface area contributed by atoms with Crippen LogP contribution < -0.4 is 16.4 Å². The van der Waals surface area contributed by atoms with Crippen LogP contribution in [0.25, 0.3) is 0 Å². The van der Waals surface area contributed by atoms with Crippen molar-refractivity contribution in [3.63, 3.8) is 0 Å². The Hall–Kier alpha value is -0.640. The monoisotopic (exact) mass is 265 g/mol. The van der Waals surface area contributed by atoms with E-state index in [0.717, 1.165) is 19.6 Å². The van der Waals surface area contributed by atoms with E-state index in [4.69, 9.17) is 5.73 Å². The predicted molar refractivity (Wildman–Crippen MR) is 84.2 cm³/mol. The fourth-order valence-electron chi connectivity index (χ4n) is 2.39. The Kier molecular flexibility index (Phi) is 8.03. The highest BCUT2D eigenvalue weighted by Crippen LogP contribution is 2.21. The van der Waals surface area contributed by atoms with Crippen LogP contribution in [0.15, 0.2) is 23.8 Å². The minimum atomic E-state index is 0.574. The lowest BCUT2D eigenvalue weighted by atomic mass is 9.87. The maximum Gasteiger partial charge on any atom is 0.0174 e. The van der Waals surface area contributed by atoms with Crippen molar-refractivity contribution in [3.05, 3.63) is 23.8 Å².